The number of aromatic amines is 1. The number of aromatic nitrogens is 2. The zero-order chi connectivity index (χ0) is 16.9. The molecule has 1 amide bonds. The number of amides is 1. The molecule has 3 rings (SSSR count). The van der Waals surface area contributed by atoms with Crippen LogP contribution in [-0.4, -0.2) is 53.9 Å². The molecule has 1 saturated heterocycles. The van der Waals surface area contributed by atoms with Gasteiger partial charge in [0.2, 0.25) is 0 Å². The van der Waals surface area contributed by atoms with Crippen LogP contribution in [0.4, 0.5) is 0 Å². The van der Waals surface area contributed by atoms with E-state index < -0.39 is 0 Å². The highest BCUT2D eigenvalue weighted by Gasteiger charge is 2.25. The maximum atomic E-state index is 12.6. The fourth-order valence-corrected chi connectivity index (χ4v) is 2.99. The van der Waals surface area contributed by atoms with Crippen LogP contribution in [0.5, 0.6) is 5.75 Å². The standard InChI is InChI=1S/C18H23N3O3/c1-3-24-17-7-5-4-6-14(17)15-12-16(20-19-15)18(22)21-10-8-13(23-2)9-11-21/h4-7,12-13H,3,8-11H2,1-2H3,(H,19,20). The Bertz CT molecular complexity index is 690. The van der Waals surface area contributed by atoms with E-state index in [1.54, 1.807) is 13.2 Å². The van der Waals surface area contributed by atoms with Gasteiger partial charge >= 0.3 is 0 Å². The van der Waals surface area contributed by atoms with E-state index in [0.717, 1.165) is 24.2 Å². The minimum absolute atomic E-state index is 0.0165. The van der Waals surface area contributed by atoms with Crippen LogP contribution in [0.15, 0.2) is 30.3 Å². The quantitative estimate of drug-likeness (QED) is 0.916. The van der Waals surface area contributed by atoms with Crippen molar-refractivity contribution in [2.45, 2.75) is 25.9 Å². The highest BCUT2D eigenvalue weighted by molar-refractivity contribution is 5.93. The topological polar surface area (TPSA) is 67.4 Å². The molecule has 1 fully saturated rings. The lowest BCUT2D eigenvalue weighted by atomic mass is 10.1. The number of H-pyrrole nitrogens is 1. The Labute approximate surface area is 141 Å². The predicted molar refractivity (Wildman–Crippen MR) is 91.1 cm³/mol. The number of rotatable bonds is 5. The van der Waals surface area contributed by atoms with Crippen molar-refractivity contribution < 1.29 is 14.3 Å². The molecule has 0 spiro atoms. The molecule has 0 saturated carbocycles. The van der Waals surface area contributed by atoms with Gasteiger partial charge in [-0.15, -0.1) is 0 Å². The molecule has 6 heteroatoms. The molecule has 128 valence electrons. The van der Waals surface area contributed by atoms with Gasteiger partial charge < -0.3 is 14.4 Å². The summed E-state index contributed by atoms with van der Waals surface area (Å²) in [4.78, 5) is 14.5. The van der Waals surface area contributed by atoms with E-state index in [4.69, 9.17) is 9.47 Å². The van der Waals surface area contributed by atoms with Crippen molar-refractivity contribution in [3.63, 3.8) is 0 Å². The fraction of sp³-hybridized carbons (Fsp3) is 0.444. The molecule has 1 aromatic carbocycles. The molecule has 24 heavy (non-hydrogen) atoms. The Hall–Kier alpha value is -2.34. The summed E-state index contributed by atoms with van der Waals surface area (Å²) >= 11 is 0. The molecule has 2 aromatic rings. The monoisotopic (exact) mass is 329 g/mol. The van der Waals surface area contributed by atoms with E-state index in [1.807, 2.05) is 36.1 Å². The molecular formula is C18H23N3O3. The van der Waals surface area contributed by atoms with Crippen LogP contribution in [0.25, 0.3) is 11.3 Å². The number of hydrogen-bond donors (Lipinski definition) is 1. The first-order valence-corrected chi connectivity index (χ1v) is 8.32. The Morgan fingerprint density at radius 2 is 2.08 bits per heavy atom. The van der Waals surface area contributed by atoms with Crippen LogP contribution < -0.4 is 4.74 Å². The largest absolute Gasteiger partial charge is 0.493 e. The maximum absolute atomic E-state index is 12.6. The van der Waals surface area contributed by atoms with Crippen LogP contribution in [0.1, 0.15) is 30.3 Å². The first-order valence-electron chi connectivity index (χ1n) is 8.32. The van der Waals surface area contributed by atoms with Gasteiger partial charge in [-0.05, 0) is 38.0 Å². The number of nitrogens with one attached hydrogen (secondary N) is 1. The molecule has 1 aliphatic heterocycles. The Morgan fingerprint density at radius 1 is 1.33 bits per heavy atom. The Kier molecular flexibility index (Phi) is 5.15. The normalized spacial score (nSPS) is 15.5. The second kappa shape index (κ2) is 7.49. The number of piperidine rings is 1. The SMILES string of the molecule is CCOc1ccccc1-c1cc(C(=O)N2CCC(OC)CC2)[nH]n1. The van der Waals surface area contributed by atoms with Crippen LogP contribution in [0, 0.1) is 0 Å². The third-order valence-corrected chi connectivity index (χ3v) is 4.33. The minimum atomic E-state index is -0.0165. The number of para-hydroxylation sites is 1. The number of likely N-dealkylation sites (tertiary alicyclic amines) is 1. The van der Waals surface area contributed by atoms with Crippen molar-refractivity contribution >= 4 is 5.91 Å². The van der Waals surface area contributed by atoms with Crippen LogP contribution in [0.3, 0.4) is 0 Å². The molecule has 0 atom stereocenters. The number of benzene rings is 1. The van der Waals surface area contributed by atoms with Gasteiger partial charge in [0.25, 0.3) is 5.91 Å². The lowest BCUT2D eigenvalue weighted by molar-refractivity contribution is 0.0347. The first kappa shape index (κ1) is 16.5. The lowest BCUT2D eigenvalue weighted by Gasteiger charge is -2.30. The molecule has 0 aliphatic carbocycles. The summed E-state index contributed by atoms with van der Waals surface area (Å²) in [6, 6.07) is 9.50. The number of carbonyl (C=O) groups is 1. The molecular weight excluding hydrogens is 306 g/mol. The van der Waals surface area contributed by atoms with Crippen molar-refractivity contribution in [1.29, 1.82) is 0 Å². The summed E-state index contributed by atoms with van der Waals surface area (Å²) in [5, 5.41) is 7.17. The van der Waals surface area contributed by atoms with E-state index >= 15 is 0 Å². The van der Waals surface area contributed by atoms with Crippen LogP contribution >= 0.6 is 0 Å². The molecule has 1 N–H and O–H groups in total. The average Bonchev–Trinajstić information content (AvgIpc) is 3.12. The summed E-state index contributed by atoms with van der Waals surface area (Å²) in [5.41, 5.74) is 2.11. The van der Waals surface area contributed by atoms with Gasteiger partial charge in [-0.2, -0.15) is 5.10 Å². The van der Waals surface area contributed by atoms with Gasteiger partial charge in [0, 0.05) is 25.8 Å². The van der Waals surface area contributed by atoms with Crippen molar-refractivity contribution in [2.24, 2.45) is 0 Å². The highest BCUT2D eigenvalue weighted by atomic mass is 16.5. The maximum Gasteiger partial charge on any atom is 0.271 e. The Morgan fingerprint density at radius 3 is 2.79 bits per heavy atom. The van der Waals surface area contributed by atoms with Gasteiger partial charge in [0.1, 0.15) is 11.4 Å². The third-order valence-electron chi connectivity index (χ3n) is 4.33. The second-order valence-corrected chi connectivity index (χ2v) is 5.82. The van der Waals surface area contributed by atoms with Crippen molar-refractivity contribution in [1.82, 2.24) is 15.1 Å². The van der Waals surface area contributed by atoms with Gasteiger partial charge in [0.05, 0.1) is 18.4 Å². The van der Waals surface area contributed by atoms with Gasteiger partial charge in [-0.25, -0.2) is 0 Å². The molecule has 1 aromatic heterocycles. The lowest BCUT2D eigenvalue weighted by Crippen LogP contribution is -2.40. The molecule has 2 heterocycles. The van der Waals surface area contributed by atoms with Crippen molar-refractivity contribution in [3.05, 3.63) is 36.0 Å². The number of nitrogens with zero attached hydrogens (tertiary/aromatic N) is 2. The molecule has 0 unspecified atom stereocenters. The van der Waals surface area contributed by atoms with Crippen molar-refractivity contribution in [2.75, 3.05) is 26.8 Å². The number of ether oxygens (including phenoxy) is 2. The molecule has 0 bridgehead atoms. The van der Waals surface area contributed by atoms with E-state index in [2.05, 4.69) is 10.2 Å². The second-order valence-electron chi connectivity index (χ2n) is 5.82. The molecule has 1 aliphatic rings. The summed E-state index contributed by atoms with van der Waals surface area (Å²) in [6.45, 7) is 3.95. The van der Waals surface area contributed by atoms with Gasteiger partial charge in [-0.1, -0.05) is 12.1 Å². The summed E-state index contributed by atoms with van der Waals surface area (Å²) in [6.07, 6.45) is 2.00. The Balaban J connectivity index is 1.75. The minimum Gasteiger partial charge on any atom is -0.493 e. The summed E-state index contributed by atoms with van der Waals surface area (Å²) < 4.78 is 11.0. The highest BCUT2D eigenvalue weighted by Crippen LogP contribution is 2.29. The van der Waals surface area contributed by atoms with E-state index in [-0.39, 0.29) is 12.0 Å². The zero-order valence-electron chi connectivity index (χ0n) is 14.1. The van der Waals surface area contributed by atoms with E-state index in [1.165, 1.54) is 0 Å². The fourth-order valence-electron chi connectivity index (χ4n) is 2.99. The zero-order valence-corrected chi connectivity index (χ0v) is 14.1. The van der Waals surface area contributed by atoms with Crippen LogP contribution in [-0.2, 0) is 4.74 Å². The summed E-state index contributed by atoms with van der Waals surface area (Å²) in [5.74, 6) is 0.753. The number of carbonyl (C=O) groups excluding carboxylic acids is 1. The van der Waals surface area contributed by atoms with Crippen molar-refractivity contribution in [3.8, 4) is 17.0 Å². The first-order chi connectivity index (χ1) is 11.7. The predicted octanol–water partition coefficient (Wildman–Crippen LogP) is 2.73. The van der Waals surface area contributed by atoms with Gasteiger partial charge in [-0.3, -0.25) is 9.89 Å². The molecule has 6 nitrogen and oxygen atoms in total. The third kappa shape index (κ3) is 3.43. The molecule has 0 radical (unpaired) electrons. The van der Waals surface area contributed by atoms with E-state index in [9.17, 15) is 4.79 Å². The van der Waals surface area contributed by atoms with Crippen LogP contribution in [0.2, 0.25) is 0 Å². The summed E-state index contributed by atoms with van der Waals surface area (Å²) in [7, 11) is 1.72. The van der Waals surface area contributed by atoms with E-state index in [0.29, 0.717) is 31.1 Å². The number of methoxy groups -OCH3 is 1. The average molecular weight is 329 g/mol. The number of hydrogen-bond acceptors (Lipinski definition) is 4. The smallest absolute Gasteiger partial charge is 0.271 e. The van der Waals surface area contributed by atoms with Gasteiger partial charge in [0.15, 0.2) is 0 Å².